The van der Waals surface area contributed by atoms with Crippen LogP contribution in [0, 0.1) is 5.41 Å². The van der Waals surface area contributed by atoms with E-state index in [0.717, 1.165) is 16.7 Å². The molecule has 3 rings (SSSR count). The molecule has 0 fully saturated rings. The summed E-state index contributed by atoms with van der Waals surface area (Å²) >= 11 is 1.45. The third kappa shape index (κ3) is 4.41. The van der Waals surface area contributed by atoms with Crippen molar-refractivity contribution in [2.24, 2.45) is 5.41 Å². The number of nitrogens with zero attached hydrogens (tertiary/aromatic N) is 3. The first kappa shape index (κ1) is 18.4. The van der Waals surface area contributed by atoms with Crippen molar-refractivity contribution in [3.8, 4) is 5.69 Å². The molecule has 0 amide bonds. The standard InChI is InChI=1S/C21H23N3OS/c1-21(2,3)18(25)15-26-20-23-22-19(14-16-10-6-4-7-11-16)24(20)17-12-8-5-9-13-17/h4-13H,14-15H2,1-3H3. The molecule has 0 unspecified atom stereocenters. The van der Waals surface area contributed by atoms with E-state index in [-0.39, 0.29) is 11.2 Å². The average molecular weight is 366 g/mol. The Bertz CT molecular complexity index is 867. The molecule has 26 heavy (non-hydrogen) atoms. The second-order valence-corrected chi connectivity index (χ2v) is 8.14. The van der Waals surface area contributed by atoms with Gasteiger partial charge in [-0.3, -0.25) is 9.36 Å². The van der Waals surface area contributed by atoms with Gasteiger partial charge in [-0.05, 0) is 17.7 Å². The fourth-order valence-corrected chi connectivity index (χ4v) is 3.60. The summed E-state index contributed by atoms with van der Waals surface area (Å²) in [5, 5.41) is 9.52. The zero-order chi connectivity index (χ0) is 18.6. The van der Waals surface area contributed by atoms with Gasteiger partial charge in [0.05, 0.1) is 5.75 Å². The highest BCUT2D eigenvalue weighted by atomic mass is 32.2. The van der Waals surface area contributed by atoms with E-state index in [4.69, 9.17) is 0 Å². The second-order valence-electron chi connectivity index (χ2n) is 7.19. The molecule has 0 bridgehead atoms. The van der Waals surface area contributed by atoms with Crippen molar-refractivity contribution >= 4 is 17.5 Å². The van der Waals surface area contributed by atoms with Gasteiger partial charge in [0, 0.05) is 17.5 Å². The van der Waals surface area contributed by atoms with Crippen molar-refractivity contribution in [3.63, 3.8) is 0 Å². The SMILES string of the molecule is CC(C)(C)C(=O)CSc1nnc(Cc2ccccc2)n1-c1ccccc1. The van der Waals surface area contributed by atoms with Gasteiger partial charge >= 0.3 is 0 Å². The maximum atomic E-state index is 12.3. The van der Waals surface area contributed by atoms with Crippen molar-refractivity contribution in [1.29, 1.82) is 0 Å². The Hall–Kier alpha value is -2.40. The molecule has 1 aromatic heterocycles. The molecule has 0 atom stereocenters. The molecule has 0 aliphatic heterocycles. The number of rotatable bonds is 6. The van der Waals surface area contributed by atoms with Crippen LogP contribution in [0.2, 0.25) is 0 Å². The molecule has 0 spiro atoms. The molecule has 0 N–H and O–H groups in total. The smallest absolute Gasteiger partial charge is 0.196 e. The van der Waals surface area contributed by atoms with Gasteiger partial charge in [-0.25, -0.2) is 0 Å². The summed E-state index contributed by atoms with van der Waals surface area (Å²) < 4.78 is 2.05. The highest BCUT2D eigenvalue weighted by molar-refractivity contribution is 7.99. The molecule has 0 saturated carbocycles. The van der Waals surface area contributed by atoms with Gasteiger partial charge in [0.1, 0.15) is 11.6 Å². The topological polar surface area (TPSA) is 47.8 Å². The predicted octanol–water partition coefficient (Wildman–Crippen LogP) is 4.57. The van der Waals surface area contributed by atoms with Crippen molar-refractivity contribution in [2.75, 3.05) is 5.75 Å². The van der Waals surface area contributed by atoms with Gasteiger partial charge in [0.2, 0.25) is 0 Å². The Morgan fingerprint density at radius 3 is 2.19 bits per heavy atom. The van der Waals surface area contributed by atoms with E-state index < -0.39 is 0 Å². The predicted molar refractivity (Wildman–Crippen MR) is 106 cm³/mol. The molecule has 5 heteroatoms. The second kappa shape index (κ2) is 7.87. The van der Waals surface area contributed by atoms with Crippen LogP contribution in [0.25, 0.3) is 5.69 Å². The van der Waals surface area contributed by atoms with Gasteiger partial charge in [-0.15, -0.1) is 10.2 Å². The van der Waals surface area contributed by atoms with Gasteiger partial charge in [-0.2, -0.15) is 0 Å². The number of hydrogen-bond acceptors (Lipinski definition) is 4. The number of benzene rings is 2. The maximum Gasteiger partial charge on any atom is 0.196 e. The molecular weight excluding hydrogens is 342 g/mol. The van der Waals surface area contributed by atoms with Gasteiger partial charge < -0.3 is 0 Å². The van der Waals surface area contributed by atoms with Crippen molar-refractivity contribution < 1.29 is 4.79 Å². The molecule has 0 aliphatic carbocycles. The summed E-state index contributed by atoms with van der Waals surface area (Å²) in [6.45, 7) is 5.83. The minimum Gasteiger partial charge on any atom is -0.298 e. The third-order valence-corrected chi connectivity index (χ3v) is 5.02. The van der Waals surface area contributed by atoms with E-state index in [2.05, 4.69) is 22.3 Å². The monoisotopic (exact) mass is 365 g/mol. The Labute approximate surface area is 158 Å². The van der Waals surface area contributed by atoms with E-state index in [0.29, 0.717) is 12.2 Å². The van der Waals surface area contributed by atoms with E-state index in [1.54, 1.807) is 0 Å². The number of carbonyl (C=O) groups excluding carboxylic acids is 1. The average Bonchev–Trinajstić information content (AvgIpc) is 3.03. The first-order chi connectivity index (χ1) is 12.4. The quantitative estimate of drug-likeness (QED) is 0.601. The molecule has 3 aromatic rings. The summed E-state index contributed by atoms with van der Waals surface area (Å²) in [5.41, 5.74) is 1.84. The number of carbonyl (C=O) groups is 1. The fourth-order valence-electron chi connectivity index (χ4n) is 2.47. The van der Waals surface area contributed by atoms with Crippen LogP contribution in [0.5, 0.6) is 0 Å². The number of hydrogen-bond donors (Lipinski definition) is 0. The highest BCUT2D eigenvalue weighted by Crippen LogP contribution is 2.26. The number of para-hydroxylation sites is 1. The lowest BCUT2D eigenvalue weighted by atomic mass is 9.92. The molecule has 0 radical (unpaired) electrons. The van der Waals surface area contributed by atoms with E-state index in [1.807, 2.05) is 73.9 Å². The molecule has 134 valence electrons. The number of thioether (sulfide) groups is 1. The normalized spacial score (nSPS) is 11.5. The lowest BCUT2D eigenvalue weighted by Gasteiger charge is -2.16. The van der Waals surface area contributed by atoms with Gasteiger partial charge in [-0.1, -0.05) is 81.1 Å². The zero-order valence-electron chi connectivity index (χ0n) is 15.3. The molecular formula is C21H23N3OS. The fraction of sp³-hybridized carbons (Fsp3) is 0.286. The van der Waals surface area contributed by atoms with Crippen molar-refractivity contribution in [3.05, 3.63) is 72.1 Å². The van der Waals surface area contributed by atoms with E-state index >= 15 is 0 Å². The Kier molecular flexibility index (Phi) is 5.57. The van der Waals surface area contributed by atoms with Crippen molar-refractivity contribution in [2.45, 2.75) is 32.3 Å². The lowest BCUT2D eigenvalue weighted by molar-refractivity contribution is -0.123. The summed E-state index contributed by atoms with van der Waals surface area (Å²) in [4.78, 5) is 12.3. The highest BCUT2D eigenvalue weighted by Gasteiger charge is 2.23. The summed E-state index contributed by atoms with van der Waals surface area (Å²) in [7, 11) is 0. The van der Waals surface area contributed by atoms with Crippen LogP contribution in [0.15, 0.2) is 65.8 Å². The Morgan fingerprint density at radius 2 is 1.58 bits per heavy atom. The summed E-state index contributed by atoms with van der Waals surface area (Å²) in [5.74, 6) is 1.46. The maximum absolute atomic E-state index is 12.3. The summed E-state index contributed by atoms with van der Waals surface area (Å²) in [6, 6.07) is 20.3. The van der Waals surface area contributed by atoms with Crippen molar-refractivity contribution in [1.82, 2.24) is 14.8 Å². The minimum atomic E-state index is -0.350. The van der Waals surface area contributed by atoms with Crippen LogP contribution >= 0.6 is 11.8 Å². The van der Waals surface area contributed by atoms with E-state index in [9.17, 15) is 4.79 Å². The molecule has 2 aromatic carbocycles. The molecule has 0 aliphatic rings. The largest absolute Gasteiger partial charge is 0.298 e. The Balaban J connectivity index is 1.91. The molecule has 1 heterocycles. The van der Waals surface area contributed by atoms with Crippen LogP contribution in [-0.2, 0) is 11.2 Å². The minimum absolute atomic E-state index is 0.203. The Morgan fingerprint density at radius 1 is 0.962 bits per heavy atom. The van der Waals surface area contributed by atoms with Crippen LogP contribution in [0.3, 0.4) is 0 Å². The summed E-state index contributed by atoms with van der Waals surface area (Å²) in [6.07, 6.45) is 0.691. The van der Waals surface area contributed by atoms with Crippen LogP contribution < -0.4 is 0 Å². The van der Waals surface area contributed by atoms with Crippen LogP contribution in [0.4, 0.5) is 0 Å². The molecule has 4 nitrogen and oxygen atoms in total. The first-order valence-electron chi connectivity index (χ1n) is 8.65. The van der Waals surface area contributed by atoms with E-state index in [1.165, 1.54) is 17.3 Å². The van der Waals surface area contributed by atoms with Gasteiger partial charge in [0.15, 0.2) is 5.16 Å². The van der Waals surface area contributed by atoms with Crippen LogP contribution in [0.1, 0.15) is 32.2 Å². The number of ketones is 1. The third-order valence-electron chi connectivity index (χ3n) is 4.09. The number of aromatic nitrogens is 3. The number of Topliss-reactive ketones (excluding diaryl/α,β-unsaturated/α-hetero) is 1. The van der Waals surface area contributed by atoms with Crippen LogP contribution in [-0.4, -0.2) is 26.3 Å². The lowest BCUT2D eigenvalue weighted by Crippen LogP contribution is -2.22. The first-order valence-corrected chi connectivity index (χ1v) is 9.63. The van der Waals surface area contributed by atoms with Gasteiger partial charge in [0.25, 0.3) is 0 Å². The zero-order valence-corrected chi connectivity index (χ0v) is 16.2. The molecule has 0 saturated heterocycles.